The zero-order chi connectivity index (χ0) is 15.4. The van der Waals surface area contributed by atoms with Crippen molar-refractivity contribution < 1.29 is 18.8 Å². The number of carbonyl (C=O) groups excluding carboxylic acids is 2. The molecule has 1 aromatic heterocycles. The molecule has 6 heteroatoms. The molecule has 2 heterocycles. The van der Waals surface area contributed by atoms with Crippen molar-refractivity contribution in [2.75, 3.05) is 19.7 Å². The Morgan fingerprint density at radius 3 is 2.86 bits per heavy atom. The summed E-state index contributed by atoms with van der Waals surface area (Å²) < 4.78 is 5.41. The number of aryl methyl sites for hydroxylation is 2. The number of likely N-dealkylation sites (tertiary alicyclic amines) is 1. The van der Waals surface area contributed by atoms with Gasteiger partial charge in [-0.15, -0.1) is 0 Å². The Morgan fingerprint density at radius 1 is 1.48 bits per heavy atom. The minimum absolute atomic E-state index is 0.0711. The zero-order valence-electron chi connectivity index (χ0n) is 12.8. The molecule has 1 N–H and O–H groups in total. The maximum absolute atomic E-state index is 12.5. The van der Waals surface area contributed by atoms with Crippen LogP contribution in [0.4, 0.5) is 0 Å². The summed E-state index contributed by atoms with van der Waals surface area (Å²) in [6.45, 7) is 6.92. The molecule has 1 aromatic rings. The molecule has 0 radical (unpaired) electrons. The number of hydrogen-bond acceptors (Lipinski definition) is 4. The van der Waals surface area contributed by atoms with Crippen molar-refractivity contribution in [3.05, 3.63) is 23.2 Å². The number of carbonyl (C=O) groups is 2. The number of nitrogens with zero attached hydrogens (tertiary/aromatic N) is 1. The van der Waals surface area contributed by atoms with Crippen molar-refractivity contribution in [1.29, 1.82) is 0 Å². The first-order valence-corrected chi connectivity index (χ1v) is 7.30. The molecule has 1 aliphatic rings. The summed E-state index contributed by atoms with van der Waals surface area (Å²) in [6.07, 6.45) is 1.58. The molecule has 0 bridgehead atoms. The number of furan rings is 1. The first kappa shape index (κ1) is 15.6. The highest BCUT2D eigenvalue weighted by molar-refractivity contribution is 5.95. The largest absolute Gasteiger partial charge is 0.466 e. The molecule has 21 heavy (non-hydrogen) atoms. The van der Waals surface area contributed by atoms with Gasteiger partial charge in [0.15, 0.2) is 0 Å². The highest BCUT2D eigenvalue weighted by atomic mass is 16.6. The average molecular weight is 294 g/mol. The quantitative estimate of drug-likeness (QED) is 0.860. The van der Waals surface area contributed by atoms with Gasteiger partial charge in [0.1, 0.15) is 11.5 Å². The summed E-state index contributed by atoms with van der Waals surface area (Å²) in [6, 6.07) is 1.75. The minimum Gasteiger partial charge on any atom is -0.466 e. The van der Waals surface area contributed by atoms with Crippen LogP contribution in [0.3, 0.4) is 0 Å². The van der Waals surface area contributed by atoms with Gasteiger partial charge in [0, 0.05) is 13.1 Å². The normalized spacial score (nSPS) is 18.6. The fraction of sp³-hybridized carbons (Fsp3) is 0.600. The topological polar surface area (TPSA) is 71.8 Å². The van der Waals surface area contributed by atoms with Gasteiger partial charge in [-0.25, -0.2) is 5.48 Å². The lowest BCUT2D eigenvalue weighted by molar-refractivity contribution is -0.138. The Morgan fingerprint density at radius 2 is 2.24 bits per heavy atom. The summed E-state index contributed by atoms with van der Waals surface area (Å²) in [4.78, 5) is 31.1. The molecule has 116 valence electrons. The Bertz CT molecular complexity index is 524. The highest BCUT2D eigenvalue weighted by Crippen LogP contribution is 2.21. The van der Waals surface area contributed by atoms with Crippen LogP contribution in [0.25, 0.3) is 0 Å². The predicted molar refractivity (Wildman–Crippen MR) is 76.6 cm³/mol. The van der Waals surface area contributed by atoms with Crippen LogP contribution in [0.5, 0.6) is 0 Å². The van der Waals surface area contributed by atoms with Crippen molar-refractivity contribution in [1.82, 2.24) is 10.4 Å². The number of rotatable bonds is 4. The van der Waals surface area contributed by atoms with Gasteiger partial charge in [0.05, 0.1) is 18.1 Å². The molecule has 0 unspecified atom stereocenters. The molecule has 1 fully saturated rings. The predicted octanol–water partition coefficient (Wildman–Crippen LogP) is 1.82. The van der Waals surface area contributed by atoms with E-state index in [9.17, 15) is 9.59 Å². The molecule has 1 saturated heterocycles. The van der Waals surface area contributed by atoms with E-state index in [2.05, 4.69) is 5.48 Å². The van der Waals surface area contributed by atoms with Crippen LogP contribution in [0, 0.1) is 19.8 Å². The van der Waals surface area contributed by atoms with Crippen LogP contribution >= 0.6 is 0 Å². The van der Waals surface area contributed by atoms with Gasteiger partial charge < -0.3 is 9.32 Å². The number of amides is 2. The molecule has 0 aromatic carbocycles. The summed E-state index contributed by atoms with van der Waals surface area (Å²) >= 11 is 0. The Labute approximate surface area is 124 Å². The van der Waals surface area contributed by atoms with Gasteiger partial charge in [-0.05, 0) is 39.7 Å². The van der Waals surface area contributed by atoms with Gasteiger partial charge in [0.2, 0.25) is 5.91 Å². The Balaban J connectivity index is 2.02. The van der Waals surface area contributed by atoms with E-state index in [1.54, 1.807) is 24.8 Å². The lowest BCUT2D eigenvalue weighted by atomic mass is 9.97. The van der Waals surface area contributed by atoms with E-state index < -0.39 is 0 Å². The average Bonchev–Trinajstić information content (AvgIpc) is 2.82. The summed E-state index contributed by atoms with van der Waals surface area (Å²) in [5, 5.41) is 0. The van der Waals surface area contributed by atoms with E-state index >= 15 is 0 Å². The second-order valence-electron chi connectivity index (χ2n) is 5.32. The van der Waals surface area contributed by atoms with E-state index in [4.69, 9.17) is 9.25 Å². The molecular weight excluding hydrogens is 272 g/mol. The standard InChI is InChI=1S/C15H22N2O4/c1-4-20-16-14(18)12-6-5-7-17(9-12)15(19)13-8-10(2)21-11(13)3/h8,12H,4-7,9H2,1-3H3,(H,16,18)/t12-/m1/s1. The van der Waals surface area contributed by atoms with E-state index in [1.165, 1.54) is 0 Å². The Hall–Kier alpha value is -1.82. The molecule has 2 amide bonds. The highest BCUT2D eigenvalue weighted by Gasteiger charge is 2.30. The zero-order valence-corrected chi connectivity index (χ0v) is 12.8. The van der Waals surface area contributed by atoms with Crippen LogP contribution in [-0.2, 0) is 9.63 Å². The number of hydrogen-bond donors (Lipinski definition) is 1. The monoisotopic (exact) mass is 294 g/mol. The first-order chi connectivity index (χ1) is 10.0. The van der Waals surface area contributed by atoms with Gasteiger partial charge in [0.25, 0.3) is 5.91 Å². The van der Waals surface area contributed by atoms with E-state index in [0.717, 1.165) is 18.6 Å². The van der Waals surface area contributed by atoms with Crippen LogP contribution in [0.2, 0.25) is 0 Å². The maximum Gasteiger partial charge on any atom is 0.257 e. The van der Waals surface area contributed by atoms with E-state index in [0.29, 0.717) is 31.0 Å². The van der Waals surface area contributed by atoms with Gasteiger partial charge in [-0.2, -0.15) is 0 Å². The molecule has 6 nitrogen and oxygen atoms in total. The van der Waals surface area contributed by atoms with Crippen LogP contribution in [0.15, 0.2) is 10.5 Å². The summed E-state index contributed by atoms with van der Waals surface area (Å²) in [5.41, 5.74) is 3.00. The van der Waals surface area contributed by atoms with E-state index in [-0.39, 0.29) is 17.7 Å². The number of nitrogens with one attached hydrogen (secondary N) is 1. The number of piperidine rings is 1. The summed E-state index contributed by atoms with van der Waals surface area (Å²) in [7, 11) is 0. The van der Waals surface area contributed by atoms with E-state index in [1.807, 2.05) is 6.92 Å². The molecule has 2 rings (SSSR count). The number of hydroxylamine groups is 1. The van der Waals surface area contributed by atoms with Crippen LogP contribution in [-0.4, -0.2) is 36.4 Å². The van der Waals surface area contributed by atoms with Gasteiger partial charge in [-0.3, -0.25) is 14.4 Å². The minimum atomic E-state index is -0.220. The van der Waals surface area contributed by atoms with Crippen LogP contribution < -0.4 is 5.48 Å². The van der Waals surface area contributed by atoms with Crippen molar-refractivity contribution in [3.63, 3.8) is 0 Å². The fourth-order valence-electron chi connectivity index (χ4n) is 2.62. The maximum atomic E-state index is 12.5. The van der Waals surface area contributed by atoms with Gasteiger partial charge in [-0.1, -0.05) is 0 Å². The SMILES string of the molecule is CCONC(=O)[C@@H]1CCCN(C(=O)c2cc(C)oc2C)C1. The second kappa shape index (κ2) is 6.76. The van der Waals surface area contributed by atoms with Crippen molar-refractivity contribution in [2.24, 2.45) is 5.92 Å². The third-order valence-electron chi connectivity index (χ3n) is 3.67. The second-order valence-corrected chi connectivity index (χ2v) is 5.32. The first-order valence-electron chi connectivity index (χ1n) is 7.30. The van der Waals surface area contributed by atoms with Crippen LogP contribution in [0.1, 0.15) is 41.6 Å². The molecule has 0 spiro atoms. The molecule has 0 saturated carbocycles. The summed E-state index contributed by atoms with van der Waals surface area (Å²) in [5.74, 6) is 0.896. The lowest BCUT2D eigenvalue weighted by Crippen LogP contribution is -2.45. The molecule has 1 atom stereocenters. The third kappa shape index (κ3) is 3.64. The molecular formula is C15H22N2O4. The van der Waals surface area contributed by atoms with Crippen molar-refractivity contribution in [3.8, 4) is 0 Å². The molecule has 1 aliphatic heterocycles. The fourth-order valence-corrected chi connectivity index (χ4v) is 2.62. The lowest BCUT2D eigenvalue weighted by Gasteiger charge is -2.31. The van der Waals surface area contributed by atoms with Crippen molar-refractivity contribution >= 4 is 11.8 Å². The smallest absolute Gasteiger partial charge is 0.257 e. The van der Waals surface area contributed by atoms with Gasteiger partial charge >= 0.3 is 0 Å². The van der Waals surface area contributed by atoms with Crippen molar-refractivity contribution in [2.45, 2.75) is 33.6 Å². The molecule has 0 aliphatic carbocycles. The Kier molecular flexibility index (Phi) is 5.01. The third-order valence-corrected chi connectivity index (χ3v) is 3.67.